The van der Waals surface area contributed by atoms with Gasteiger partial charge in [-0.15, -0.1) is 0 Å². The van der Waals surface area contributed by atoms with Crippen LogP contribution in [-0.2, 0) is 0 Å². The van der Waals surface area contributed by atoms with Crippen LogP contribution >= 0.6 is 15.9 Å². The molecule has 8 heteroatoms. The molecule has 0 aliphatic rings. The lowest BCUT2D eigenvalue weighted by atomic mass is 10.0. The van der Waals surface area contributed by atoms with Gasteiger partial charge in [0.15, 0.2) is 0 Å². The second kappa shape index (κ2) is 8.11. The zero-order valence-corrected chi connectivity index (χ0v) is 19.3. The number of ether oxygens (including phenoxy) is 1. The highest BCUT2D eigenvalue weighted by atomic mass is 79.9. The molecule has 0 saturated heterocycles. The standard InChI is InChI=1S/C27H13BrO7/c28-16-5-8-22-15(9-16)11-24(33-22)27(31)32-17-6-7-18-19(13-25(29)34-23(18)12-17)20-10-14-3-1-2-4-21(14)35-26(20)30/h1-13H. The number of halogens is 1. The number of rotatable bonds is 3. The number of furan rings is 1. The van der Waals surface area contributed by atoms with Gasteiger partial charge in [0.25, 0.3) is 0 Å². The largest absolute Gasteiger partial charge is 0.449 e. The third kappa shape index (κ3) is 3.83. The molecule has 6 rings (SSSR count). The maximum atomic E-state index is 12.7. The van der Waals surface area contributed by atoms with Gasteiger partial charge in [-0.3, -0.25) is 0 Å². The summed E-state index contributed by atoms with van der Waals surface area (Å²) in [6.45, 7) is 0. The van der Waals surface area contributed by atoms with Crippen molar-refractivity contribution in [1.82, 2.24) is 0 Å². The van der Waals surface area contributed by atoms with Gasteiger partial charge < -0.3 is 18.0 Å². The van der Waals surface area contributed by atoms with Gasteiger partial charge in [-0.05, 0) is 48.5 Å². The second-order valence-corrected chi connectivity index (χ2v) is 8.72. The molecular formula is C27H13BrO7. The first-order chi connectivity index (χ1) is 16.9. The summed E-state index contributed by atoms with van der Waals surface area (Å²) in [6, 6.07) is 21.5. The minimum atomic E-state index is -0.703. The highest BCUT2D eigenvalue weighted by Gasteiger charge is 2.18. The molecule has 0 unspecified atom stereocenters. The summed E-state index contributed by atoms with van der Waals surface area (Å²) in [5, 5.41) is 1.95. The van der Waals surface area contributed by atoms with Crippen LogP contribution in [-0.4, -0.2) is 5.97 Å². The molecule has 0 atom stereocenters. The molecule has 0 radical (unpaired) electrons. The predicted octanol–water partition coefficient (Wildman–Crippen LogP) is 6.29. The van der Waals surface area contributed by atoms with Gasteiger partial charge in [0.05, 0.1) is 5.56 Å². The molecule has 7 nitrogen and oxygen atoms in total. The third-order valence-electron chi connectivity index (χ3n) is 5.54. The first-order valence-corrected chi connectivity index (χ1v) is 11.3. The zero-order valence-electron chi connectivity index (χ0n) is 17.7. The number of fused-ring (bicyclic) bond motifs is 3. The molecule has 6 aromatic rings. The molecule has 0 aliphatic carbocycles. The molecule has 0 N–H and O–H groups in total. The van der Waals surface area contributed by atoms with Crippen LogP contribution in [0.1, 0.15) is 10.6 Å². The van der Waals surface area contributed by atoms with Crippen molar-refractivity contribution in [3.05, 3.63) is 110 Å². The molecule has 0 saturated carbocycles. The summed E-state index contributed by atoms with van der Waals surface area (Å²) in [6.07, 6.45) is 0. The van der Waals surface area contributed by atoms with E-state index in [2.05, 4.69) is 15.9 Å². The van der Waals surface area contributed by atoms with E-state index in [4.69, 9.17) is 18.0 Å². The molecule has 0 bridgehead atoms. The van der Waals surface area contributed by atoms with Crippen LogP contribution in [0.15, 0.2) is 106 Å². The van der Waals surface area contributed by atoms with E-state index < -0.39 is 17.2 Å². The number of para-hydroxylation sites is 1. The Morgan fingerprint density at radius 2 is 1.54 bits per heavy atom. The first-order valence-electron chi connectivity index (χ1n) is 10.5. The van der Waals surface area contributed by atoms with E-state index >= 15 is 0 Å². The van der Waals surface area contributed by atoms with Crippen LogP contribution in [0.2, 0.25) is 0 Å². The van der Waals surface area contributed by atoms with Crippen molar-refractivity contribution in [2.75, 3.05) is 0 Å². The van der Waals surface area contributed by atoms with E-state index in [9.17, 15) is 14.4 Å². The van der Waals surface area contributed by atoms with Gasteiger partial charge in [-0.2, -0.15) is 0 Å². The third-order valence-corrected chi connectivity index (χ3v) is 6.03. The summed E-state index contributed by atoms with van der Waals surface area (Å²) < 4.78 is 22.6. The number of hydrogen-bond acceptors (Lipinski definition) is 7. The molecule has 0 spiro atoms. The second-order valence-electron chi connectivity index (χ2n) is 7.80. The van der Waals surface area contributed by atoms with Gasteiger partial charge in [0.2, 0.25) is 5.76 Å². The van der Waals surface area contributed by atoms with Crippen molar-refractivity contribution in [3.63, 3.8) is 0 Å². The van der Waals surface area contributed by atoms with E-state index in [-0.39, 0.29) is 22.7 Å². The Labute approximate surface area is 204 Å². The van der Waals surface area contributed by atoms with Crippen molar-refractivity contribution < 1.29 is 22.8 Å². The van der Waals surface area contributed by atoms with Crippen molar-refractivity contribution >= 4 is 54.8 Å². The van der Waals surface area contributed by atoms with Crippen LogP contribution < -0.4 is 16.0 Å². The zero-order chi connectivity index (χ0) is 24.1. The Morgan fingerprint density at radius 1 is 0.714 bits per heavy atom. The van der Waals surface area contributed by atoms with Crippen molar-refractivity contribution in [3.8, 4) is 16.9 Å². The van der Waals surface area contributed by atoms with Crippen LogP contribution in [0.5, 0.6) is 5.75 Å². The van der Waals surface area contributed by atoms with Gasteiger partial charge in [0.1, 0.15) is 22.5 Å². The molecule has 0 amide bonds. The minimum Gasteiger partial charge on any atom is -0.449 e. The van der Waals surface area contributed by atoms with Gasteiger partial charge in [-0.1, -0.05) is 34.1 Å². The monoisotopic (exact) mass is 528 g/mol. The number of hydrogen-bond donors (Lipinski definition) is 0. The first kappa shape index (κ1) is 21.1. The predicted molar refractivity (Wildman–Crippen MR) is 133 cm³/mol. The van der Waals surface area contributed by atoms with E-state index in [0.29, 0.717) is 27.5 Å². The number of esters is 1. The topological polar surface area (TPSA) is 99.9 Å². The Kier molecular flexibility index (Phi) is 4.89. The maximum absolute atomic E-state index is 12.7. The lowest BCUT2D eigenvalue weighted by molar-refractivity contribution is 0.0704. The lowest BCUT2D eigenvalue weighted by Crippen LogP contribution is -2.08. The minimum absolute atomic E-state index is 0.0298. The highest BCUT2D eigenvalue weighted by molar-refractivity contribution is 9.10. The van der Waals surface area contributed by atoms with Crippen LogP contribution in [0.25, 0.3) is 44.0 Å². The smallest absolute Gasteiger partial charge is 0.379 e. The molecule has 3 heterocycles. The fourth-order valence-electron chi connectivity index (χ4n) is 3.95. The van der Waals surface area contributed by atoms with E-state index in [1.54, 1.807) is 48.5 Å². The molecule has 3 aromatic carbocycles. The summed E-state index contributed by atoms with van der Waals surface area (Å²) >= 11 is 3.38. The fraction of sp³-hybridized carbons (Fsp3) is 0. The van der Waals surface area contributed by atoms with Gasteiger partial charge >= 0.3 is 17.2 Å². The van der Waals surface area contributed by atoms with Gasteiger partial charge in [0, 0.05) is 38.3 Å². The van der Waals surface area contributed by atoms with Crippen LogP contribution in [0.4, 0.5) is 0 Å². The average molecular weight is 529 g/mol. The molecule has 3 aromatic heterocycles. The molecule has 0 fully saturated rings. The number of carbonyl (C=O) groups excluding carboxylic acids is 1. The van der Waals surface area contributed by atoms with Crippen molar-refractivity contribution in [2.45, 2.75) is 0 Å². The molecule has 35 heavy (non-hydrogen) atoms. The Morgan fingerprint density at radius 3 is 2.43 bits per heavy atom. The van der Waals surface area contributed by atoms with E-state index in [0.717, 1.165) is 9.86 Å². The lowest BCUT2D eigenvalue weighted by Gasteiger charge is -2.08. The maximum Gasteiger partial charge on any atom is 0.379 e. The molecule has 170 valence electrons. The highest BCUT2D eigenvalue weighted by Crippen LogP contribution is 2.30. The summed E-state index contributed by atoms with van der Waals surface area (Å²) in [5.41, 5.74) is 0.480. The summed E-state index contributed by atoms with van der Waals surface area (Å²) in [4.78, 5) is 37.6. The summed E-state index contributed by atoms with van der Waals surface area (Å²) in [5.74, 6) is -0.525. The Hall–Kier alpha value is -4.43. The average Bonchev–Trinajstić information content (AvgIpc) is 3.26. The number of carbonyl (C=O) groups is 1. The van der Waals surface area contributed by atoms with Crippen LogP contribution in [0.3, 0.4) is 0 Å². The normalized spacial score (nSPS) is 11.3. The van der Waals surface area contributed by atoms with Gasteiger partial charge in [-0.25, -0.2) is 14.4 Å². The Bertz CT molecular complexity index is 1910. The fourth-order valence-corrected chi connectivity index (χ4v) is 4.33. The molecule has 0 aliphatic heterocycles. The van der Waals surface area contributed by atoms with Crippen molar-refractivity contribution in [1.29, 1.82) is 0 Å². The summed E-state index contributed by atoms with van der Waals surface area (Å²) in [7, 11) is 0. The quantitative estimate of drug-likeness (QED) is 0.151. The molecular weight excluding hydrogens is 516 g/mol. The van der Waals surface area contributed by atoms with E-state index in [1.165, 1.54) is 12.1 Å². The SMILES string of the molecule is O=C(Oc1ccc2c(-c3cc4ccccc4oc3=O)cc(=O)oc2c1)c1cc2cc(Br)ccc2o1. The van der Waals surface area contributed by atoms with Crippen LogP contribution in [0, 0.1) is 0 Å². The number of benzene rings is 3. The van der Waals surface area contributed by atoms with Crippen molar-refractivity contribution in [2.24, 2.45) is 0 Å². The Balaban J connectivity index is 1.40. The van der Waals surface area contributed by atoms with E-state index in [1.807, 2.05) is 18.2 Å².